The van der Waals surface area contributed by atoms with E-state index >= 15 is 0 Å². The number of ether oxygens (including phenoxy) is 1. The van der Waals surface area contributed by atoms with Crippen LogP contribution in [0.25, 0.3) is 0 Å². The van der Waals surface area contributed by atoms with Crippen molar-refractivity contribution in [2.75, 3.05) is 26.7 Å². The molecule has 0 aromatic carbocycles. The van der Waals surface area contributed by atoms with Crippen molar-refractivity contribution in [1.29, 1.82) is 0 Å². The molecule has 2 aromatic rings. The molecule has 7 heteroatoms. The number of amides is 1. The van der Waals surface area contributed by atoms with Crippen molar-refractivity contribution in [1.82, 2.24) is 19.8 Å². The highest BCUT2D eigenvalue weighted by Crippen LogP contribution is 2.26. The molecule has 0 bridgehead atoms. The summed E-state index contributed by atoms with van der Waals surface area (Å²) in [4.78, 5) is 25.3. The number of aliphatic hydroxyl groups is 1. The molecule has 3 heterocycles. The lowest BCUT2D eigenvalue weighted by molar-refractivity contribution is 0.0325. The molecule has 1 amide bonds. The van der Waals surface area contributed by atoms with Gasteiger partial charge in [-0.3, -0.25) is 14.7 Å². The summed E-state index contributed by atoms with van der Waals surface area (Å²) in [6.45, 7) is 5.83. The van der Waals surface area contributed by atoms with Gasteiger partial charge in [0.1, 0.15) is 11.7 Å². The van der Waals surface area contributed by atoms with Crippen LogP contribution in [0, 0.1) is 5.92 Å². The first-order chi connectivity index (χ1) is 13.5. The Bertz CT molecular complexity index is 786. The maximum Gasteiger partial charge on any atom is 0.259 e. The van der Waals surface area contributed by atoms with Crippen LogP contribution in [0.4, 0.5) is 0 Å². The monoisotopic (exact) mass is 384 g/mol. The zero-order chi connectivity index (χ0) is 20.1. The average Bonchev–Trinajstić information content (AvgIpc) is 2.70. The molecule has 0 saturated heterocycles. The second-order valence-corrected chi connectivity index (χ2v) is 7.53. The van der Waals surface area contributed by atoms with Crippen LogP contribution < -0.4 is 4.74 Å². The van der Waals surface area contributed by atoms with Gasteiger partial charge in [0.05, 0.1) is 12.6 Å². The van der Waals surface area contributed by atoms with Crippen LogP contribution in [0.3, 0.4) is 0 Å². The summed E-state index contributed by atoms with van der Waals surface area (Å²) in [6, 6.07) is 7.20. The van der Waals surface area contributed by atoms with E-state index in [0.717, 1.165) is 6.54 Å². The molecule has 0 aliphatic carbocycles. The van der Waals surface area contributed by atoms with Gasteiger partial charge in [-0.15, -0.1) is 0 Å². The van der Waals surface area contributed by atoms with Crippen molar-refractivity contribution >= 4 is 5.91 Å². The van der Waals surface area contributed by atoms with E-state index in [4.69, 9.17) is 4.74 Å². The van der Waals surface area contributed by atoms with Crippen LogP contribution in [0.15, 0.2) is 42.9 Å². The minimum Gasteiger partial charge on any atom is -0.472 e. The molecular weight excluding hydrogens is 356 g/mol. The van der Waals surface area contributed by atoms with Gasteiger partial charge in [0.15, 0.2) is 0 Å². The van der Waals surface area contributed by atoms with Gasteiger partial charge >= 0.3 is 0 Å². The number of hydrogen-bond acceptors (Lipinski definition) is 6. The quantitative estimate of drug-likeness (QED) is 0.819. The maximum atomic E-state index is 13.0. The largest absolute Gasteiger partial charge is 0.472 e. The third-order valence-electron chi connectivity index (χ3n) is 5.13. The number of carbonyl (C=O) groups excluding carboxylic acids is 1. The fourth-order valence-corrected chi connectivity index (χ4v) is 3.44. The van der Waals surface area contributed by atoms with Crippen LogP contribution in [-0.2, 0) is 6.54 Å². The molecule has 28 heavy (non-hydrogen) atoms. The Morgan fingerprint density at radius 1 is 1.32 bits per heavy atom. The highest BCUT2D eigenvalue weighted by Gasteiger charge is 2.33. The molecule has 3 rings (SSSR count). The molecule has 0 unspecified atom stereocenters. The number of carbonyl (C=O) groups is 1. The van der Waals surface area contributed by atoms with Crippen LogP contribution in [0.1, 0.15) is 29.8 Å². The van der Waals surface area contributed by atoms with Crippen LogP contribution in [0.2, 0.25) is 0 Å². The predicted octanol–water partition coefficient (Wildman–Crippen LogP) is 1.83. The number of hydrogen-bond donors (Lipinski definition) is 1. The van der Waals surface area contributed by atoms with Crippen molar-refractivity contribution in [3.05, 3.63) is 54.0 Å². The van der Waals surface area contributed by atoms with Crippen LogP contribution in [0.5, 0.6) is 5.88 Å². The summed E-state index contributed by atoms with van der Waals surface area (Å²) in [5.74, 6) is 0.282. The average molecular weight is 384 g/mol. The molecule has 0 fully saturated rings. The van der Waals surface area contributed by atoms with E-state index in [1.807, 2.05) is 26.1 Å². The maximum absolute atomic E-state index is 13.0. The zero-order valence-electron chi connectivity index (χ0n) is 16.7. The van der Waals surface area contributed by atoms with E-state index in [-0.39, 0.29) is 30.6 Å². The normalized spacial score (nSPS) is 20.9. The Balaban J connectivity index is 1.82. The highest BCUT2D eigenvalue weighted by atomic mass is 16.5. The fraction of sp³-hybridized carbons (Fsp3) is 0.476. The molecule has 0 spiro atoms. The summed E-state index contributed by atoms with van der Waals surface area (Å²) in [6.07, 6.45) is 5.08. The van der Waals surface area contributed by atoms with Gasteiger partial charge in [-0.1, -0.05) is 6.92 Å². The lowest BCUT2D eigenvalue weighted by atomic mass is 10.00. The van der Waals surface area contributed by atoms with E-state index in [9.17, 15) is 9.90 Å². The molecule has 2 aromatic heterocycles. The SMILES string of the molecule is C[C@H](CO)N1C[C@H](C)[C@H](CN(C)Cc2ccncc2)Oc2ncccc2C1=O. The number of rotatable bonds is 6. The Hall–Kier alpha value is -2.51. The van der Waals surface area contributed by atoms with E-state index in [0.29, 0.717) is 24.5 Å². The van der Waals surface area contributed by atoms with Gasteiger partial charge in [0, 0.05) is 44.1 Å². The number of fused-ring (bicyclic) bond motifs is 1. The standard InChI is InChI=1S/C21H28N4O3/c1-15-11-25(16(2)14-26)21(27)18-5-4-8-23-20(18)28-19(15)13-24(3)12-17-6-9-22-10-7-17/h4-10,15-16,19,26H,11-14H2,1-3H3/t15-,16+,19-/m0/s1. The first kappa shape index (κ1) is 20.2. The second kappa shape index (κ2) is 9.12. The van der Waals surface area contributed by atoms with Crippen molar-refractivity contribution in [2.24, 2.45) is 5.92 Å². The molecule has 150 valence electrons. The van der Waals surface area contributed by atoms with Crippen molar-refractivity contribution in [2.45, 2.75) is 32.5 Å². The number of likely N-dealkylation sites (N-methyl/N-ethyl adjacent to an activating group) is 1. The minimum absolute atomic E-state index is 0.0768. The number of pyridine rings is 2. The Labute approximate surface area is 166 Å². The van der Waals surface area contributed by atoms with E-state index in [1.54, 1.807) is 35.6 Å². The lowest BCUT2D eigenvalue weighted by Crippen LogP contribution is -2.49. The lowest BCUT2D eigenvalue weighted by Gasteiger charge is -2.37. The minimum atomic E-state index is -0.267. The second-order valence-electron chi connectivity index (χ2n) is 7.53. The number of aromatic nitrogens is 2. The zero-order valence-corrected chi connectivity index (χ0v) is 16.7. The van der Waals surface area contributed by atoms with E-state index < -0.39 is 0 Å². The Morgan fingerprint density at radius 3 is 2.79 bits per heavy atom. The van der Waals surface area contributed by atoms with Crippen molar-refractivity contribution in [3.63, 3.8) is 0 Å². The predicted molar refractivity (Wildman–Crippen MR) is 106 cm³/mol. The molecule has 1 N–H and O–H groups in total. The molecule has 0 radical (unpaired) electrons. The van der Waals surface area contributed by atoms with Crippen molar-refractivity contribution < 1.29 is 14.6 Å². The Morgan fingerprint density at radius 2 is 2.07 bits per heavy atom. The molecule has 1 aliphatic rings. The van der Waals surface area contributed by atoms with Crippen LogP contribution >= 0.6 is 0 Å². The van der Waals surface area contributed by atoms with Crippen LogP contribution in [-0.4, -0.2) is 69.7 Å². The van der Waals surface area contributed by atoms with Gasteiger partial charge in [0.25, 0.3) is 5.91 Å². The van der Waals surface area contributed by atoms with Gasteiger partial charge in [0.2, 0.25) is 5.88 Å². The Kier molecular flexibility index (Phi) is 6.59. The van der Waals surface area contributed by atoms with Gasteiger partial charge in [-0.05, 0) is 43.8 Å². The fourth-order valence-electron chi connectivity index (χ4n) is 3.44. The number of aliphatic hydroxyl groups excluding tert-OH is 1. The third-order valence-corrected chi connectivity index (χ3v) is 5.13. The summed E-state index contributed by atoms with van der Waals surface area (Å²) in [5.41, 5.74) is 1.62. The first-order valence-corrected chi connectivity index (χ1v) is 9.60. The van der Waals surface area contributed by atoms with E-state index in [2.05, 4.69) is 21.8 Å². The molecule has 1 aliphatic heterocycles. The topological polar surface area (TPSA) is 78.8 Å². The molecule has 7 nitrogen and oxygen atoms in total. The first-order valence-electron chi connectivity index (χ1n) is 9.60. The van der Waals surface area contributed by atoms with Gasteiger partial charge in [-0.25, -0.2) is 4.98 Å². The molecule has 0 saturated carbocycles. The van der Waals surface area contributed by atoms with Gasteiger partial charge < -0.3 is 14.7 Å². The summed E-state index contributed by atoms with van der Waals surface area (Å²) < 4.78 is 6.21. The third kappa shape index (κ3) is 4.66. The molecular formula is C21H28N4O3. The van der Waals surface area contributed by atoms with Crippen molar-refractivity contribution in [3.8, 4) is 5.88 Å². The van der Waals surface area contributed by atoms with Gasteiger partial charge in [-0.2, -0.15) is 0 Å². The number of nitrogens with zero attached hydrogens (tertiary/aromatic N) is 4. The smallest absolute Gasteiger partial charge is 0.259 e. The summed E-state index contributed by atoms with van der Waals surface area (Å²) in [7, 11) is 2.05. The summed E-state index contributed by atoms with van der Waals surface area (Å²) in [5, 5.41) is 9.62. The van der Waals surface area contributed by atoms with E-state index in [1.165, 1.54) is 5.56 Å². The highest BCUT2D eigenvalue weighted by molar-refractivity contribution is 5.96. The summed E-state index contributed by atoms with van der Waals surface area (Å²) >= 11 is 0. The molecule has 3 atom stereocenters.